The van der Waals surface area contributed by atoms with Gasteiger partial charge in [0.2, 0.25) is 0 Å². The lowest BCUT2D eigenvalue weighted by molar-refractivity contribution is 0.511. The van der Waals surface area contributed by atoms with Crippen LogP contribution in [0.1, 0.15) is 0 Å². The van der Waals surface area contributed by atoms with E-state index < -0.39 is 11.6 Å². The van der Waals surface area contributed by atoms with E-state index in [1.165, 1.54) is 23.5 Å². The zero-order valence-corrected chi connectivity index (χ0v) is 8.18. The number of hydrogen-bond acceptors (Lipinski definition) is 1. The second kappa shape index (κ2) is 2.78. The van der Waals surface area contributed by atoms with Crippen molar-refractivity contribution in [3.63, 3.8) is 0 Å². The summed E-state index contributed by atoms with van der Waals surface area (Å²) in [7, 11) is 0. The minimum Gasteiger partial charge on any atom is -0.204 e. The van der Waals surface area contributed by atoms with Crippen LogP contribution in [0.25, 0.3) is 10.1 Å². The zero-order chi connectivity index (χ0) is 8.72. The Hall–Kier alpha value is -0.480. The van der Waals surface area contributed by atoms with Crippen LogP contribution >= 0.6 is 27.3 Å². The van der Waals surface area contributed by atoms with E-state index in [4.69, 9.17) is 0 Å². The molecule has 0 aliphatic heterocycles. The summed E-state index contributed by atoms with van der Waals surface area (Å²) in [4.78, 5) is 0. The average molecular weight is 249 g/mol. The van der Waals surface area contributed by atoms with E-state index in [0.29, 0.717) is 0 Å². The fraction of sp³-hybridized carbons (Fsp3) is 0. The van der Waals surface area contributed by atoms with E-state index in [1.807, 2.05) is 0 Å². The number of rotatable bonds is 0. The minimum atomic E-state index is -0.798. The Labute approximate surface area is 80.0 Å². The Morgan fingerprint density at radius 2 is 1.75 bits per heavy atom. The fourth-order valence-corrected chi connectivity index (χ4v) is 2.57. The van der Waals surface area contributed by atoms with Crippen molar-refractivity contribution in [2.24, 2.45) is 0 Å². The third kappa shape index (κ3) is 1.25. The molecule has 2 rings (SSSR count). The second-order valence-electron chi connectivity index (χ2n) is 2.35. The Morgan fingerprint density at radius 1 is 1.08 bits per heavy atom. The SMILES string of the molecule is Fc1cc2cc(Br)sc2cc1F. The van der Waals surface area contributed by atoms with Crippen LogP contribution < -0.4 is 0 Å². The van der Waals surface area contributed by atoms with Crippen molar-refractivity contribution in [1.82, 2.24) is 0 Å². The van der Waals surface area contributed by atoms with Gasteiger partial charge in [-0.3, -0.25) is 0 Å². The van der Waals surface area contributed by atoms with Gasteiger partial charge in [0.15, 0.2) is 11.6 Å². The van der Waals surface area contributed by atoms with E-state index in [0.717, 1.165) is 13.9 Å². The maximum absolute atomic E-state index is 12.7. The molecule has 0 amide bonds. The molecule has 0 spiro atoms. The van der Waals surface area contributed by atoms with Crippen LogP contribution in [0.15, 0.2) is 22.0 Å². The monoisotopic (exact) mass is 248 g/mol. The van der Waals surface area contributed by atoms with Crippen LogP contribution in [0, 0.1) is 11.6 Å². The van der Waals surface area contributed by atoms with E-state index in [-0.39, 0.29) is 0 Å². The fourth-order valence-electron chi connectivity index (χ4n) is 1.00. The first-order valence-corrected chi connectivity index (χ1v) is 4.82. The van der Waals surface area contributed by atoms with Crippen LogP contribution in [0.4, 0.5) is 8.78 Å². The zero-order valence-electron chi connectivity index (χ0n) is 5.77. The molecule has 0 radical (unpaired) electrons. The van der Waals surface area contributed by atoms with E-state index in [1.54, 1.807) is 6.07 Å². The molecule has 0 aliphatic rings. The standard InChI is InChI=1S/C8H3BrF2S/c9-8-2-4-1-5(10)6(11)3-7(4)12-8/h1-3H. The van der Waals surface area contributed by atoms with E-state index >= 15 is 0 Å². The lowest BCUT2D eigenvalue weighted by Gasteiger charge is -1.91. The summed E-state index contributed by atoms with van der Waals surface area (Å²) in [6.07, 6.45) is 0. The van der Waals surface area contributed by atoms with Crippen molar-refractivity contribution in [3.05, 3.63) is 33.6 Å². The summed E-state index contributed by atoms with van der Waals surface area (Å²) in [5.41, 5.74) is 0. The molecular weight excluding hydrogens is 246 g/mol. The molecule has 0 N–H and O–H groups in total. The van der Waals surface area contributed by atoms with Gasteiger partial charge in [-0.1, -0.05) is 0 Å². The molecule has 12 heavy (non-hydrogen) atoms. The molecule has 1 aromatic carbocycles. The van der Waals surface area contributed by atoms with Gasteiger partial charge in [-0.25, -0.2) is 8.78 Å². The molecule has 2 aromatic rings. The summed E-state index contributed by atoms with van der Waals surface area (Å²) in [6.45, 7) is 0. The first-order valence-electron chi connectivity index (χ1n) is 3.21. The molecule has 0 fully saturated rings. The number of hydrogen-bond donors (Lipinski definition) is 0. The summed E-state index contributed by atoms with van der Waals surface area (Å²) < 4.78 is 27.0. The third-order valence-electron chi connectivity index (χ3n) is 1.53. The number of benzene rings is 1. The number of thiophene rings is 1. The van der Waals surface area contributed by atoms with Gasteiger partial charge >= 0.3 is 0 Å². The van der Waals surface area contributed by atoms with Crippen LogP contribution in [0.5, 0.6) is 0 Å². The van der Waals surface area contributed by atoms with Crippen molar-refractivity contribution >= 4 is 37.4 Å². The first-order chi connectivity index (χ1) is 5.66. The topological polar surface area (TPSA) is 0 Å². The normalized spacial score (nSPS) is 10.9. The Morgan fingerprint density at radius 3 is 2.50 bits per heavy atom. The summed E-state index contributed by atoms with van der Waals surface area (Å²) in [5.74, 6) is -1.59. The van der Waals surface area contributed by atoms with Crippen LogP contribution in [0.3, 0.4) is 0 Å². The average Bonchev–Trinajstić information content (AvgIpc) is 2.30. The summed E-state index contributed by atoms with van der Waals surface area (Å²) in [5, 5.41) is 0.728. The van der Waals surface area contributed by atoms with Gasteiger partial charge in [-0.15, -0.1) is 11.3 Å². The van der Waals surface area contributed by atoms with Gasteiger partial charge in [0, 0.05) is 4.70 Å². The predicted molar refractivity (Wildman–Crippen MR) is 49.4 cm³/mol. The van der Waals surface area contributed by atoms with Crippen molar-refractivity contribution < 1.29 is 8.78 Å². The number of halogens is 3. The van der Waals surface area contributed by atoms with Gasteiger partial charge < -0.3 is 0 Å². The highest BCUT2D eigenvalue weighted by molar-refractivity contribution is 9.11. The summed E-state index contributed by atoms with van der Waals surface area (Å²) in [6, 6.07) is 4.18. The Kier molecular flexibility index (Phi) is 1.88. The smallest absolute Gasteiger partial charge is 0.160 e. The van der Waals surface area contributed by atoms with Crippen LogP contribution in [0.2, 0.25) is 0 Å². The quantitative estimate of drug-likeness (QED) is 0.663. The molecular formula is C8H3BrF2S. The van der Waals surface area contributed by atoms with Gasteiger partial charge in [-0.05, 0) is 39.5 Å². The van der Waals surface area contributed by atoms with E-state index in [2.05, 4.69) is 15.9 Å². The second-order valence-corrected chi connectivity index (χ2v) is 4.82. The van der Waals surface area contributed by atoms with Crippen LogP contribution in [-0.4, -0.2) is 0 Å². The highest BCUT2D eigenvalue weighted by atomic mass is 79.9. The van der Waals surface area contributed by atoms with Crippen molar-refractivity contribution in [2.75, 3.05) is 0 Å². The molecule has 0 nitrogen and oxygen atoms in total. The van der Waals surface area contributed by atoms with Crippen molar-refractivity contribution in [1.29, 1.82) is 0 Å². The largest absolute Gasteiger partial charge is 0.204 e. The molecule has 4 heteroatoms. The lowest BCUT2D eigenvalue weighted by atomic mass is 10.2. The Balaban J connectivity index is 2.83. The van der Waals surface area contributed by atoms with E-state index in [9.17, 15) is 8.78 Å². The molecule has 0 aliphatic carbocycles. The van der Waals surface area contributed by atoms with Gasteiger partial charge in [0.25, 0.3) is 0 Å². The predicted octanol–water partition coefficient (Wildman–Crippen LogP) is 3.94. The highest BCUT2D eigenvalue weighted by Gasteiger charge is 2.05. The lowest BCUT2D eigenvalue weighted by Crippen LogP contribution is -1.79. The van der Waals surface area contributed by atoms with Gasteiger partial charge in [0.1, 0.15) is 0 Å². The van der Waals surface area contributed by atoms with Gasteiger partial charge in [-0.2, -0.15) is 0 Å². The van der Waals surface area contributed by atoms with Crippen molar-refractivity contribution in [3.8, 4) is 0 Å². The maximum atomic E-state index is 12.7. The first kappa shape index (κ1) is 8.13. The minimum absolute atomic E-state index is 0.728. The molecule has 0 atom stereocenters. The van der Waals surface area contributed by atoms with Crippen molar-refractivity contribution in [2.45, 2.75) is 0 Å². The maximum Gasteiger partial charge on any atom is 0.160 e. The molecule has 62 valence electrons. The highest BCUT2D eigenvalue weighted by Crippen LogP contribution is 2.30. The molecule has 0 saturated heterocycles. The molecule has 0 saturated carbocycles. The third-order valence-corrected chi connectivity index (χ3v) is 3.13. The molecule has 1 heterocycles. The van der Waals surface area contributed by atoms with Gasteiger partial charge in [0.05, 0.1) is 3.79 Å². The number of fused-ring (bicyclic) bond motifs is 1. The van der Waals surface area contributed by atoms with Crippen LogP contribution in [-0.2, 0) is 0 Å². The summed E-state index contributed by atoms with van der Waals surface area (Å²) >= 11 is 4.63. The molecule has 0 bridgehead atoms. The Bertz CT molecular complexity index is 397. The molecule has 0 unspecified atom stereocenters. The molecule has 1 aromatic heterocycles.